The second-order valence-electron chi connectivity index (χ2n) is 6.02. The van der Waals surface area contributed by atoms with E-state index in [1.54, 1.807) is 30.7 Å². The molecule has 0 atom stereocenters. The summed E-state index contributed by atoms with van der Waals surface area (Å²) in [5, 5.41) is 2.43. The predicted octanol–water partition coefficient (Wildman–Crippen LogP) is 2.70. The topological polar surface area (TPSA) is 79.0 Å². The zero-order valence-electron chi connectivity index (χ0n) is 13.3. The highest BCUT2D eigenvalue weighted by Crippen LogP contribution is 2.32. The highest BCUT2D eigenvalue weighted by atomic mass is 32.2. The van der Waals surface area contributed by atoms with Gasteiger partial charge in [-0.3, -0.25) is 4.98 Å². The Morgan fingerprint density at radius 2 is 2.04 bits per heavy atom. The Bertz CT molecular complexity index is 1140. The number of hydrogen-bond donors (Lipinski definition) is 1. The molecule has 0 radical (unpaired) electrons. The minimum Gasteiger partial charge on any atom is -0.346 e. The van der Waals surface area contributed by atoms with Crippen molar-refractivity contribution < 1.29 is 21.6 Å². The molecule has 6 nitrogen and oxygen atoms in total. The molecule has 1 N–H and O–H groups in total. The number of H-pyrrole nitrogens is 1. The summed E-state index contributed by atoms with van der Waals surface area (Å²) in [5.41, 5.74) is 1.79. The van der Waals surface area contributed by atoms with Crippen molar-refractivity contribution in [1.82, 2.24) is 19.3 Å². The lowest BCUT2D eigenvalue weighted by molar-refractivity contribution is -0.106. The molecule has 0 aliphatic carbocycles. The van der Waals surface area contributed by atoms with Gasteiger partial charge in [-0.2, -0.15) is 17.5 Å². The van der Waals surface area contributed by atoms with E-state index in [0.717, 1.165) is 20.5 Å². The number of nitrogens with one attached hydrogen (secondary N) is 1. The summed E-state index contributed by atoms with van der Waals surface area (Å²) in [6.07, 6.45) is 1.81. The van der Waals surface area contributed by atoms with Gasteiger partial charge in [-0.1, -0.05) is 6.08 Å². The summed E-state index contributed by atoms with van der Waals surface area (Å²) in [5.74, 6) is -1.87. The van der Waals surface area contributed by atoms with Crippen LogP contribution in [0, 0.1) is 0 Å². The van der Waals surface area contributed by atoms with Crippen molar-refractivity contribution in [1.29, 1.82) is 0 Å². The largest absolute Gasteiger partial charge is 0.404 e. The fourth-order valence-electron chi connectivity index (χ4n) is 3.13. The van der Waals surface area contributed by atoms with Crippen LogP contribution in [0.2, 0.25) is 0 Å². The Morgan fingerprint density at radius 1 is 1.23 bits per heavy atom. The van der Waals surface area contributed by atoms with Gasteiger partial charge in [-0.15, -0.1) is 0 Å². The molecule has 10 heteroatoms. The molecule has 4 rings (SSSR count). The van der Waals surface area contributed by atoms with E-state index in [1.165, 1.54) is 0 Å². The predicted molar refractivity (Wildman–Crippen MR) is 90.8 cm³/mol. The number of nitrogens with zero attached hydrogens (tertiary/aromatic N) is 3. The molecule has 0 saturated heterocycles. The van der Waals surface area contributed by atoms with Crippen molar-refractivity contribution in [2.45, 2.75) is 6.18 Å². The Hall–Kier alpha value is -2.46. The van der Waals surface area contributed by atoms with Gasteiger partial charge in [0.25, 0.3) is 0 Å². The van der Waals surface area contributed by atoms with Crippen LogP contribution in [-0.2, 0) is 10.0 Å². The molecule has 0 spiro atoms. The van der Waals surface area contributed by atoms with Crippen molar-refractivity contribution in [2.75, 3.05) is 18.8 Å². The molecule has 3 aromatic heterocycles. The Labute approximate surface area is 146 Å². The highest BCUT2D eigenvalue weighted by Gasteiger charge is 2.39. The standard InChI is InChI=1S/C16H13F3N4O2S/c17-16(18,19)9-26(24,25)23-6-3-11(8-23)14-13-10(1-4-20-14)7-22-15-12(13)2-5-21-15/h1-5,7H,6,8-9H2,(H,21,22). The van der Waals surface area contributed by atoms with E-state index in [4.69, 9.17) is 0 Å². The lowest BCUT2D eigenvalue weighted by Crippen LogP contribution is -2.36. The van der Waals surface area contributed by atoms with E-state index < -0.39 is 22.0 Å². The molecule has 3 aromatic rings. The molecule has 0 saturated carbocycles. The minimum atomic E-state index is -4.78. The zero-order valence-corrected chi connectivity index (χ0v) is 14.1. The van der Waals surface area contributed by atoms with E-state index in [0.29, 0.717) is 16.9 Å². The van der Waals surface area contributed by atoms with Crippen LogP contribution in [0.4, 0.5) is 13.2 Å². The normalized spacial score (nSPS) is 16.5. The number of alkyl halides is 3. The summed E-state index contributed by atoms with van der Waals surface area (Å²) < 4.78 is 62.4. The van der Waals surface area contributed by atoms with Gasteiger partial charge < -0.3 is 4.98 Å². The number of sulfonamides is 1. The van der Waals surface area contributed by atoms with Gasteiger partial charge in [0.05, 0.1) is 5.69 Å². The summed E-state index contributed by atoms with van der Waals surface area (Å²) in [6, 6.07) is 3.62. The Kier molecular flexibility index (Phi) is 3.77. The Morgan fingerprint density at radius 3 is 2.81 bits per heavy atom. The van der Waals surface area contributed by atoms with Crippen LogP contribution in [-0.4, -0.2) is 52.7 Å². The van der Waals surface area contributed by atoms with Crippen molar-refractivity contribution in [2.24, 2.45) is 0 Å². The summed E-state index contributed by atoms with van der Waals surface area (Å²) in [4.78, 5) is 11.7. The fourth-order valence-corrected chi connectivity index (χ4v) is 4.36. The first-order valence-corrected chi connectivity index (χ1v) is 9.30. The number of halogens is 3. The van der Waals surface area contributed by atoms with Crippen LogP contribution in [0.5, 0.6) is 0 Å². The number of aromatic nitrogens is 3. The van der Waals surface area contributed by atoms with Crippen LogP contribution in [0.1, 0.15) is 5.69 Å². The maximum Gasteiger partial charge on any atom is 0.404 e. The summed E-state index contributed by atoms with van der Waals surface area (Å²) in [7, 11) is -4.43. The molecule has 26 heavy (non-hydrogen) atoms. The van der Waals surface area contributed by atoms with E-state index in [2.05, 4.69) is 15.0 Å². The third-order valence-corrected chi connectivity index (χ3v) is 6.00. The van der Waals surface area contributed by atoms with Gasteiger partial charge in [-0.25, -0.2) is 13.4 Å². The van der Waals surface area contributed by atoms with Crippen LogP contribution in [0.3, 0.4) is 0 Å². The third-order valence-electron chi connectivity index (χ3n) is 4.24. The molecule has 0 unspecified atom stereocenters. The lowest BCUT2D eigenvalue weighted by Gasteiger charge is -2.18. The molecule has 136 valence electrons. The molecular formula is C16H13F3N4O2S. The van der Waals surface area contributed by atoms with Gasteiger partial charge in [0.15, 0.2) is 5.75 Å². The first kappa shape index (κ1) is 17.0. The lowest BCUT2D eigenvalue weighted by atomic mass is 10.0. The quantitative estimate of drug-likeness (QED) is 0.756. The second kappa shape index (κ2) is 5.78. The molecular weight excluding hydrogens is 369 g/mol. The molecule has 1 aliphatic rings. The second-order valence-corrected chi connectivity index (χ2v) is 7.98. The van der Waals surface area contributed by atoms with Gasteiger partial charge >= 0.3 is 6.18 Å². The monoisotopic (exact) mass is 382 g/mol. The van der Waals surface area contributed by atoms with Crippen molar-refractivity contribution in [3.63, 3.8) is 0 Å². The fraction of sp³-hybridized carbons (Fsp3) is 0.250. The maximum atomic E-state index is 12.5. The molecule has 0 amide bonds. The minimum absolute atomic E-state index is 0.104. The number of rotatable bonds is 3. The van der Waals surface area contributed by atoms with E-state index in [1.807, 2.05) is 6.07 Å². The first-order chi connectivity index (χ1) is 12.2. The van der Waals surface area contributed by atoms with Crippen molar-refractivity contribution in [3.05, 3.63) is 42.5 Å². The first-order valence-electron chi connectivity index (χ1n) is 7.69. The van der Waals surface area contributed by atoms with Crippen molar-refractivity contribution in [3.8, 4) is 0 Å². The number of fused-ring (bicyclic) bond motifs is 3. The number of hydrogen-bond acceptors (Lipinski definition) is 4. The van der Waals surface area contributed by atoms with Crippen molar-refractivity contribution >= 4 is 37.4 Å². The highest BCUT2D eigenvalue weighted by molar-refractivity contribution is 7.89. The Balaban J connectivity index is 1.73. The van der Waals surface area contributed by atoms with E-state index in [-0.39, 0.29) is 13.1 Å². The molecule has 0 aromatic carbocycles. The zero-order chi connectivity index (χ0) is 18.5. The van der Waals surface area contributed by atoms with Gasteiger partial charge in [-0.05, 0) is 17.7 Å². The van der Waals surface area contributed by atoms with Gasteiger partial charge in [0, 0.05) is 47.8 Å². The average Bonchev–Trinajstić information content (AvgIpc) is 3.21. The SMILES string of the molecule is O=S(=O)(CC(F)(F)F)N1CC=C(c2nccc3cnc4[nH]ccc4c23)C1. The van der Waals surface area contributed by atoms with Crippen LogP contribution >= 0.6 is 0 Å². The van der Waals surface area contributed by atoms with E-state index >= 15 is 0 Å². The van der Waals surface area contributed by atoms with Crippen LogP contribution in [0.15, 0.2) is 36.8 Å². The molecule has 4 heterocycles. The smallest absolute Gasteiger partial charge is 0.346 e. The van der Waals surface area contributed by atoms with E-state index in [9.17, 15) is 21.6 Å². The van der Waals surface area contributed by atoms with Crippen LogP contribution in [0.25, 0.3) is 27.4 Å². The summed E-state index contributed by atoms with van der Waals surface area (Å²) >= 11 is 0. The summed E-state index contributed by atoms with van der Waals surface area (Å²) in [6.45, 7) is -0.244. The average molecular weight is 382 g/mol. The molecule has 1 aliphatic heterocycles. The number of pyridine rings is 2. The van der Waals surface area contributed by atoms with Crippen LogP contribution < -0.4 is 0 Å². The third kappa shape index (κ3) is 2.95. The molecule has 0 bridgehead atoms. The molecule has 0 fully saturated rings. The number of aromatic amines is 1. The van der Waals surface area contributed by atoms with Gasteiger partial charge in [0.1, 0.15) is 5.65 Å². The van der Waals surface area contributed by atoms with Gasteiger partial charge in [0.2, 0.25) is 10.0 Å². The maximum absolute atomic E-state index is 12.5.